The quantitative estimate of drug-likeness (QED) is 0.728. The van der Waals surface area contributed by atoms with Crippen molar-refractivity contribution in [3.05, 3.63) is 46.6 Å². The fourth-order valence-corrected chi connectivity index (χ4v) is 3.40. The number of imidazole rings is 1. The molecule has 0 amide bonds. The Morgan fingerprint density at radius 2 is 1.88 bits per heavy atom. The number of halogens is 3. The van der Waals surface area contributed by atoms with Crippen molar-refractivity contribution in [3.63, 3.8) is 0 Å². The van der Waals surface area contributed by atoms with Crippen molar-refractivity contribution in [1.82, 2.24) is 9.38 Å². The highest BCUT2D eigenvalue weighted by Crippen LogP contribution is 2.38. The van der Waals surface area contributed by atoms with Gasteiger partial charge in [0.1, 0.15) is 4.88 Å². The van der Waals surface area contributed by atoms with Crippen molar-refractivity contribution < 1.29 is 23.1 Å². The van der Waals surface area contributed by atoms with E-state index in [1.165, 1.54) is 6.20 Å². The SMILES string of the molecule is CC(C)c1ccc(-c2cn3c(C(F)(F)F)c(C(=O)O)sc3n2)cc1. The number of rotatable bonds is 3. The lowest BCUT2D eigenvalue weighted by molar-refractivity contribution is -0.142. The molecule has 0 aliphatic heterocycles. The van der Waals surface area contributed by atoms with E-state index < -0.39 is 22.7 Å². The second kappa shape index (κ2) is 5.62. The van der Waals surface area contributed by atoms with Crippen LogP contribution in [0.25, 0.3) is 16.2 Å². The summed E-state index contributed by atoms with van der Waals surface area (Å²) in [6.45, 7) is 4.09. The fraction of sp³-hybridized carbons (Fsp3) is 0.250. The zero-order valence-corrected chi connectivity index (χ0v) is 13.6. The molecule has 0 fully saturated rings. The van der Waals surface area contributed by atoms with E-state index in [2.05, 4.69) is 4.98 Å². The van der Waals surface area contributed by atoms with Crippen LogP contribution in [0.1, 0.15) is 40.7 Å². The predicted molar refractivity (Wildman–Crippen MR) is 84.6 cm³/mol. The number of nitrogens with zero attached hydrogens (tertiary/aromatic N) is 2. The molecule has 0 radical (unpaired) electrons. The van der Waals surface area contributed by atoms with E-state index in [1.54, 1.807) is 12.1 Å². The number of carboxylic acids is 1. The summed E-state index contributed by atoms with van der Waals surface area (Å²) >= 11 is 0.515. The molecule has 1 N–H and O–H groups in total. The van der Waals surface area contributed by atoms with Gasteiger partial charge < -0.3 is 5.11 Å². The number of aromatic carboxylic acids is 1. The highest BCUT2D eigenvalue weighted by Gasteiger charge is 2.40. The molecule has 8 heteroatoms. The Morgan fingerprint density at radius 3 is 2.38 bits per heavy atom. The third kappa shape index (κ3) is 2.77. The molecule has 1 aromatic carbocycles. The number of aromatic nitrogens is 2. The topological polar surface area (TPSA) is 54.6 Å². The first-order chi connectivity index (χ1) is 11.2. The summed E-state index contributed by atoms with van der Waals surface area (Å²) in [5.74, 6) is -1.26. The molecule has 126 valence electrons. The molecule has 0 aliphatic carbocycles. The monoisotopic (exact) mass is 354 g/mol. The third-order valence-corrected chi connectivity index (χ3v) is 4.70. The Bertz CT molecular complexity index is 908. The molecule has 4 nitrogen and oxygen atoms in total. The lowest BCUT2D eigenvalue weighted by Gasteiger charge is -2.06. The number of hydrogen-bond acceptors (Lipinski definition) is 3. The van der Waals surface area contributed by atoms with Gasteiger partial charge in [-0.05, 0) is 11.5 Å². The van der Waals surface area contributed by atoms with Crippen LogP contribution in [-0.2, 0) is 6.18 Å². The highest BCUT2D eigenvalue weighted by molar-refractivity contribution is 7.19. The van der Waals surface area contributed by atoms with Gasteiger partial charge >= 0.3 is 12.1 Å². The normalized spacial score (nSPS) is 12.2. The third-order valence-electron chi connectivity index (χ3n) is 3.66. The molecule has 0 saturated heterocycles. The van der Waals surface area contributed by atoms with Gasteiger partial charge in [-0.15, -0.1) is 0 Å². The number of carbonyl (C=O) groups is 1. The van der Waals surface area contributed by atoms with Gasteiger partial charge in [-0.1, -0.05) is 49.4 Å². The molecule has 0 aliphatic rings. The Labute approximate surface area is 139 Å². The van der Waals surface area contributed by atoms with Crippen molar-refractivity contribution in [2.45, 2.75) is 25.9 Å². The second-order valence-corrected chi connectivity index (χ2v) is 6.62. The van der Waals surface area contributed by atoms with Crippen molar-refractivity contribution in [2.24, 2.45) is 0 Å². The smallest absolute Gasteiger partial charge is 0.433 e. The lowest BCUT2D eigenvalue weighted by Crippen LogP contribution is -2.13. The van der Waals surface area contributed by atoms with Crippen molar-refractivity contribution in [3.8, 4) is 11.3 Å². The van der Waals surface area contributed by atoms with Gasteiger partial charge in [0.25, 0.3) is 0 Å². The molecule has 0 atom stereocenters. The minimum absolute atomic E-state index is 0.00246. The largest absolute Gasteiger partial charge is 0.477 e. The summed E-state index contributed by atoms with van der Waals surface area (Å²) < 4.78 is 40.5. The maximum atomic E-state index is 13.2. The Morgan fingerprint density at radius 1 is 1.25 bits per heavy atom. The number of alkyl halides is 3. The van der Waals surface area contributed by atoms with Crippen molar-refractivity contribution in [2.75, 3.05) is 0 Å². The number of hydrogen-bond donors (Lipinski definition) is 1. The second-order valence-electron chi connectivity index (χ2n) is 5.64. The summed E-state index contributed by atoms with van der Waals surface area (Å²) in [7, 11) is 0. The maximum Gasteiger partial charge on any atom is 0.433 e. The molecule has 3 rings (SSSR count). The van der Waals surface area contributed by atoms with Gasteiger partial charge in [0.2, 0.25) is 0 Å². The van der Waals surface area contributed by atoms with Crippen molar-refractivity contribution >= 4 is 22.3 Å². The summed E-state index contributed by atoms with van der Waals surface area (Å²) in [4.78, 5) is 14.5. The molecule has 0 saturated carbocycles. The van der Waals surface area contributed by atoms with E-state index in [0.29, 0.717) is 28.5 Å². The average Bonchev–Trinajstić information content (AvgIpc) is 3.03. The van der Waals surface area contributed by atoms with Crippen LogP contribution in [0.4, 0.5) is 13.2 Å². The minimum atomic E-state index is -4.77. The number of thiazole rings is 1. The lowest BCUT2D eigenvalue weighted by atomic mass is 10.0. The highest BCUT2D eigenvalue weighted by atomic mass is 32.1. The molecule has 0 unspecified atom stereocenters. The van der Waals surface area contributed by atoms with Gasteiger partial charge in [-0.2, -0.15) is 13.2 Å². The van der Waals surface area contributed by atoms with Gasteiger partial charge in [0.05, 0.1) is 5.69 Å². The summed E-state index contributed by atoms with van der Waals surface area (Å²) in [5, 5.41) is 8.99. The van der Waals surface area contributed by atoms with E-state index >= 15 is 0 Å². The number of carboxylic acid groups (broad SMARTS) is 1. The van der Waals surface area contributed by atoms with E-state index in [1.807, 2.05) is 26.0 Å². The molecule has 24 heavy (non-hydrogen) atoms. The van der Waals surface area contributed by atoms with Gasteiger partial charge in [-0.25, -0.2) is 9.78 Å². The molecule has 0 spiro atoms. The molecular weight excluding hydrogens is 341 g/mol. The van der Waals surface area contributed by atoms with E-state index in [0.717, 1.165) is 9.96 Å². The molecule has 0 bridgehead atoms. The van der Waals surface area contributed by atoms with Gasteiger partial charge in [-0.3, -0.25) is 4.40 Å². The van der Waals surface area contributed by atoms with Crippen LogP contribution in [0.15, 0.2) is 30.5 Å². The standard InChI is InChI=1S/C16H13F3N2O2S/c1-8(2)9-3-5-10(6-4-9)11-7-21-13(16(17,18)19)12(14(22)23)24-15(21)20-11/h3-8H,1-2H3,(H,22,23). The fourth-order valence-electron chi connectivity index (χ4n) is 2.43. The zero-order chi connectivity index (χ0) is 17.6. The van der Waals surface area contributed by atoms with Crippen LogP contribution in [0, 0.1) is 0 Å². The minimum Gasteiger partial charge on any atom is -0.477 e. The first-order valence-corrected chi connectivity index (χ1v) is 7.93. The maximum absolute atomic E-state index is 13.2. The first-order valence-electron chi connectivity index (χ1n) is 7.11. The van der Waals surface area contributed by atoms with E-state index in [4.69, 9.17) is 5.11 Å². The van der Waals surface area contributed by atoms with Crippen LogP contribution >= 0.6 is 11.3 Å². The molecular formula is C16H13F3N2O2S. The Balaban J connectivity index is 2.12. The molecule has 3 aromatic rings. The van der Waals surface area contributed by atoms with Gasteiger partial charge in [0.15, 0.2) is 10.7 Å². The average molecular weight is 354 g/mol. The van der Waals surface area contributed by atoms with Crippen LogP contribution in [0.2, 0.25) is 0 Å². The van der Waals surface area contributed by atoms with Gasteiger partial charge in [0, 0.05) is 11.8 Å². The van der Waals surface area contributed by atoms with Crippen LogP contribution in [0.3, 0.4) is 0 Å². The summed E-state index contributed by atoms with van der Waals surface area (Å²) in [6, 6.07) is 7.40. The molecule has 2 aromatic heterocycles. The summed E-state index contributed by atoms with van der Waals surface area (Å²) in [5.41, 5.74) is 0.968. The van der Waals surface area contributed by atoms with Crippen molar-refractivity contribution in [1.29, 1.82) is 0 Å². The molecule has 2 heterocycles. The first kappa shape index (κ1) is 16.5. The number of fused-ring (bicyclic) bond motifs is 1. The Hall–Kier alpha value is -2.35. The van der Waals surface area contributed by atoms with E-state index in [-0.39, 0.29) is 4.96 Å². The van der Waals surface area contributed by atoms with Crippen LogP contribution in [-0.4, -0.2) is 20.5 Å². The Kier molecular flexibility index (Phi) is 3.87. The predicted octanol–water partition coefficient (Wildman–Crippen LogP) is 4.90. The van der Waals surface area contributed by atoms with Crippen LogP contribution < -0.4 is 0 Å². The zero-order valence-electron chi connectivity index (χ0n) is 12.8. The van der Waals surface area contributed by atoms with Crippen LogP contribution in [0.5, 0.6) is 0 Å². The number of benzene rings is 1. The summed E-state index contributed by atoms with van der Waals surface area (Å²) in [6.07, 6.45) is -3.54. The van der Waals surface area contributed by atoms with E-state index in [9.17, 15) is 18.0 Å².